The zero-order chi connectivity index (χ0) is 31.2. The van der Waals surface area contributed by atoms with Crippen molar-refractivity contribution in [2.24, 2.45) is 11.8 Å². The first kappa shape index (κ1) is 34.5. The number of alkyl carbamates (subject to hydrolysis) is 1. The number of hydrogen-bond donors (Lipinski definition) is 5. The van der Waals surface area contributed by atoms with Crippen LogP contribution in [0.15, 0.2) is 0 Å². The van der Waals surface area contributed by atoms with Gasteiger partial charge in [0, 0.05) is 6.54 Å². The van der Waals surface area contributed by atoms with E-state index in [1.165, 1.54) is 4.90 Å². The number of Topliss-reactive ketones (excluding diaryl/α,β-unsaturated/α-hetero) is 1. The molecule has 0 spiro atoms. The van der Waals surface area contributed by atoms with Crippen molar-refractivity contribution >= 4 is 41.5 Å². The molecule has 2 fully saturated rings. The minimum absolute atomic E-state index is 0.0898. The van der Waals surface area contributed by atoms with Gasteiger partial charge in [-0.25, -0.2) is 4.79 Å². The molecule has 0 aromatic carbocycles. The molecule has 1 unspecified atom stereocenters. The molecule has 2 rings (SSSR count). The molecule has 0 bridgehead atoms. The lowest BCUT2D eigenvalue weighted by molar-refractivity contribution is -0.143. The quantitative estimate of drug-likeness (QED) is 0.167. The Labute approximate surface area is 246 Å². The topological polar surface area (TPSA) is 200 Å². The van der Waals surface area contributed by atoms with Crippen LogP contribution in [0.3, 0.4) is 0 Å². The van der Waals surface area contributed by atoms with Crippen molar-refractivity contribution in [2.45, 2.75) is 96.7 Å². The van der Waals surface area contributed by atoms with Crippen LogP contribution in [0.4, 0.5) is 4.79 Å². The molecule has 0 radical (unpaired) electrons. The third kappa shape index (κ3) is 10.9. The molecule has 0 aromatic rings. The molecular formula is C28H45N5O9. The summed E-state index contributed by atoms with van der Waals surface area (Å²) in [6.45, 7) is 4.86. The highest BCUT2D eigenvalue weighted by Crippen LogP contribution is 2.29. The van der Waals surface area contributed by atoms with E-state index in [0.717, 1.165) is 32.1 Å². The third-order valence-electron chi connectivity index (χ3n) is 7.33. The van der Waals surface area contributed by atoms with Gasteiger partial charge in [-0.2, -0.15) is 0 Å². The van der Waals surface area contributed by atoms with Crippen LogP contribution in [0.2, 0.25) is 0 Å². The first-order chi connectivity index (χ1) is 19.9. The van der Waals surface area contributed by atoms with Gasteiger partial charge in [0.05, 0.1) is 19.2 Å². The number of amides is 5. The summed E-state index contributed by atoms with van der Waals surface area (Å²) in [6, 6.07) is -2.90. The van der Waals surface area contributed by atoms with Crippen LogP contribution in [-0.2, 0) is 33.5 Å². The molecule has 14 nitrogen and oxygen atoms in total. The molecule has 1 aliphatic heterocycles. The van der Waals surface area contributed by atoms with E-state index in [0.29, 0.717) is 25.8 Å². The minimum Gasteiger partial charge on any atom is -0.480 e. The Morgan fingerprint density at radius 1 is 0.905 bits per heavy atom. The zero-order valence-electron chi connectivity index (χ0n) is 24.7. The average molecular weight is 596 g/mol. The molecule has 1 saturated carbocycles. The number of hydrogen-bond acceptors (Lipinski definition) is 8. The summed E-state index contributed by atoms with van der Waals surface area (Å²) in [6.07, 6.45) is 5.30. The lowest BCUT2D eigenvalue weighted by Gasteiger charge is -2.34. The molecule has 42 heavy (non-hydrogen) atoms. The lowest BCUT2D eigenvalue weighted by atomic mass is 9.83. The van der Waals surface area contributed by atoms with Crippen molar-refractivity contribution in [3.8, 4) is 0 Å². The van der Waals surface area contributed by atoms with Crippen molar-refractivity contribution in [3.63, 3.8) is 0 Å². The van der Waals surface area contributed by atoms with Gasteiger partial charge in [0.15, 0.2) is 0 Å². The Balaban J connectivity index is 2.08. The number of carboxylic acid groups (broad SMARTS) is 1. The Kier molecular flexibility index (Phi) is 14.2. The van der Waals surface area contributed by atoms with Crippen LogP contribution in [0.25, 0.3) is 0 Å². The zero-order valence-corrected chi connectivity index (χ0v) is 24.7. The van der Waals surface area contributed by atoms with E-state index in [1.807, 2.05) is 13.8 Å². The number of carbonyl (C=O) groups excluding carboxylic acids is 6. The second kappa shape index (κ2) is 17.3. The summed E-state index contributed by atoms with van der Waals surface area (Å²) in [5.74, 6) is -5.02. The summed E-state index contributed by atoms with van der Waals surface area (Å²) in [5, 5.41) is 18.2. The van der Waals surface area contributed by atoms with Crippen molar-refractivity contribution in [1.82, 2.24) is 26.2 Å². The molecule has 2 aliphatic rings. The van der Waals surface area contributed by atoms with Crippen LogP contribution in [0, 0.1) is 11.8 Å². The molecule has 5 amide bonds. The Bertz CT molecular complexity index is 996. The molecule has 3 atom stereocenters. The second-order valence-electron chi connectivity index (χ2n) is 11.3. The van der Waals surface area contributed by atoms with E-state index in [2.05, 4.69) is 21.3 Å². The molecule has 1 saturated heterocycles. The van der Waals surface area contributed by atoms with E-state index in [4.69, 9.17) is 9.84 Å². The molecule has 1 aliphatic carbocycles. The van der Waals surface area contributed by atoms with Crippen molar-refractivity contribution in [3.05, 3.63) is 0 Å². The Morgan fingerprint density at radius 2 is 1.60 bits per heavy atom. The fourth-order valence-electron chi connectivity index (χ4n) is 5.21. The normalized spacial score (nSPS) is 18.5. The van der Waals surface area contributed by atoms with Crippen LogP contribution < -0.4 is 21.3 Å². The summed E-state index contributed by atoms with van der Waals surface area (Å²) < 4.78 is 5.27. The van der Waals surface area contributed by atoms with Gasteiger partial charge in [-0.05, 0) is 43.9 Å². The molecule has 14 heteroatoms. The number of likely N-dealkylation sites (tertiary alicyclic amines) is 1. The van der Waals surface area contributed by atoms with Gasteiger partial charge in [0.2, 0.25) is 23.5 Å². The van der Waals surface area contributed by atoms with Crippen molar-refractivity contribution in [1.29, 1.82) is 0 Å². The maximum atomic E-state index is 13.8. The van der Waals surface area contributed by atoms with Crippen LogP contribution in [-0.4, -0.2) is 95.8 Å². The summed E-state index contributed by atoms with van der Waals surface area (Å²) in [4.78, 5) is 88.6. The lowest BCUT2D eigenvalue weighted by Crippen LogP contribution is -2.58. The van der Waals surface area contributed by atoms with E-state index in [9.17, 15) is 33.6 Å². The van der Waals surface area contributed by atoms with Gasteiger partial charge < -0.3 is 36.0 Å². The maximum absolute atomic E-state index is 13.8. The number of rotatable bonds is 15. The highest BCUT2D eigenvalue weighted by atomic mass is 16.5. The molecule has 0 aromatic heterocycles. The number of nitrogens with zero attached hydrogens (tertiary/aromatic N) is 1. The van der Waals surface area contributed by atoms with Crippen LogP contribution >= 0.6 is 0 Å². The number of ketones is 1. The fraction of sp³-hybridized carbons (Fsp3) is 0.750. The second-order valence-corrected chi connectivity index (χ2v) is 11.3. The fourth-order valence-corrected chi connectivity index (χ4v) is 5.21. The molecule has 5 N–H and O–H groups in total. The predicted octanol–water partition coefficient (Wildman–Crippen LogP) is 0.480. The van der Waals surface area contributed by atoms with Crippen molar-refractivity contribution < 1.29 is 43.4 Å². The monoisotopic (exact) mass is 595 g/mol. The molecular weight excluding hydrogens is 550 g/mol. The molecule has 1 heterocycles. The van der Waals surface area contributed by atoms with E-state index in [-0.39, 0.29) is 30.8 Å². The number of carboxylic acids is 1. The van der Waals surface area contributed by atoms with Gasteiger partial charge in [-0.15, -0.1) is 0 Å². The number of nitrogens with one attached hydrogen (secondary N) is 4. The predicted molar refractivity (Wildman–Crippen MR) is 150 cm³/mol. The van der Waals surface area contributed by atoms with Crippen molar-refractivity contribution in [2.75, 3.05) is 26.2 Å². The number of carbonyl (C=O) groups is 7. The van der Waals surface area contributed by atoms with E-state index < -0.39 is 66.8 Å². The minimum atomic E-state index is -1.26. The largest absolute Gasteiger partial charge is 0.480 e. The average Bonchev–Trinajstić information content (AvgIpc) is 3.46. The third-order valence-corrected chi connectivity index (χ3v) is 7.33. The molecule has 236 valence electrons. The highest BCUT2D eigenvalue weighted by molar-refractivity contribution is 6.38. The van der Waals surface area contributed by atoms with Gasteiger partial charge in [-0.1, -0.05) is 46.5 Å². The summed E-state index contributed by atoms with van der Waals surface area (Å²) >= 11 is 0. The Hall–Kier alpha value is -3.71. The maximum Gasteiger partial charge on any atom is 0.407 e. The first-order valence-corrected chi connectivity index (χ1v) is 14.8. The number of aliphatic carboxylic acids is 1. The summed E-state index contributed by atoms with van der Waals surface area (Å²) in [5.41, 5.74) is 0. The highest BCUT2D eigenvalue weighted by Gasteiger charge is 2.42. The van der Waals surface area contributed by atoms with Crippen LogP contribution in [0.5, 0.6) is 0 Å². The SMILES string of the molecule is CCCC(NC(=O)[C@@H]1CCCN1C(=O)[C@@H](NC(=O)OCC(C)C)C1CCCCC1)C(=O)C(=O)NCC(=O)NCC(=O)O. The standard InChI is InChI=1S/C28H45N5O9/c1-4-9-19(24(37)26(39)30-14-21(34)29-15-22(35)36)31-25(38)20-12-8-13-33(20)27(40)23(18-10-6-5-7-11-18)32-28(41)42-16-17(2)3/h17-20,23H,4-16H2,1-3H3,(H,29,34)(H,30,39)(H,31,38)(H,32,41)(H,35,36)/t19?,20-,23-/m0/s1. The smallest absolute Gasteiger partial charge is 0.407 e. The van der Waals surface area contributed by atoms with Gasteiger partial charge in [0.25, 0.3) is 5.91 Å². The van der Waals surface area contributed by atoms with E-state index >= 15 is 0 Å². The first-order valence-electron chi connectivity index (χ1n) is 14.8. The van der Waals surface area contributed by atoms with Gasteiger partial charge >= 0.3 is 12.1 Å². The summed E-state index contributed by atoms with van der Waals surface area (Å²) in [7, 11) is 0. The number of ether oxygens (including phenoxy) is 1. The van der Waals surface area contributed by atoms with Gasteiger partial charge in [-0.3, -0.25) is 28.8 Å². The Morgan fingerprint density at radius 3 is 2.21 bits per heavy atom. The van der Waals surface area contributed by atoms with E-state index in [1.54, 1.807) is 6.92 Å². The van der Waals surface area contributed by atoms with Crippen LogP contribution in [0.1, 0.15) is 78.6 Å². The van der Waals surface area contributed by atoms with Gasteiger partial charge in [0.1, 0.15) is 18.6 Å².